The molecule has 1 N–H and O–H groups in total. The van der Waals surface area contributed by atoms with E-state index in [0.29, 0.717) is 0 Å². The van der Waals surface area contributed by atoms with Crippen molar-refractivity contribution in [3.05, 3.63) is 132 Å². The fraction of sp³-hybridized carbons (Fsp3) is 0. The maximum absolute atomic E-state index is 11.1. The van der Waals surface area contributed by atoms with E-state index in [4.69, 9.17) is 10.4 Å². The summed E-state index contributed by atoms with van der Waals surface area (Å²) < 4.78 is 0. The summed E-state index contributed by atoms with van der Waals surface area (Å²) in [6.07, 6.45) is 1.40. The van der Waals surface area contributed by atoms with Crippen LogP contribution in [-0.4, -0.2) is 11.1 Å². The summed E-state index contributed by atoms with van der Waals surface area (Å²) in [5, 5.41) is 18.1. The molecule has 0 aliphatic heterocycles. The average molecular weight is 499 g/mol. The Balaban J connectivity index is 1.39. The number of carbonyl (C=O) groups is 1. The summed E-state index contributed by atoms with van der Waals surface area (Å²) in [7, 11) is 0. The number of nitriles is 1. The maximum atomic E-state index is 11.1. The quantitative estimate of drug-likeness (QED) is 0.180. The van der Waals surface area contributed by atoms with E-state index >= 15 is 0 Å². The van der Waals surface area contributed by atoms with Crippen LogP contribution in [0, 0.1) is 11.3 Å². The lowest BCUT2D eigenvalue weighted by Crippen LogP contribution is -2.09. The summed E-state index contributed by atoms with van der Waals surface area (Å²) >= 11 is 1.45. The fourth-order valence-electron chi connectivity index (χ4n) is 4.10. The van der Waals surface area contributed by atoms with E-state index in [1.807, 2.05) is 48.5 Å². The first kappa shape index (κ1) is 23.8. The molecule has 0 bridgehead atoms. The van der Waals surface area contributed by atoms with Crippen molar-refractivity contribution in [3.8, 4) is 27.6 Å². The lowest BCUT2D eigenvalue weighted by Gasteiger charge is -2.25. The van der Waals surface area contributed by atoms with Gasteiger partial charge in [0.15, 0.2) is 0 Å². The van der Waals surface area contributed by atoms with Gasteiger partial charge in [-0.1, -0.05) is 72.8 Å². The third-order valence-electron chi connectivity index (χ3n) is 5.92. The van der Waals surface area contributed by atoms with E-state index in [1.54, 1.807) is 6.07 Å². The van der Waals surface area contributed by atoms with Crippen LogP contribution < -0.4 is 4.90 Å². The largest absolute Gasteiger partial charge is 0.477 e. The van der Waals surface area contributed by atoms with Crippen LogP contribution in [0.25, 0.3) is 27.6 Å². The summed E-state index contributed by atoms with van der Waals surface area (Å²) in [6, 6.07) is 43.0. The molecule has 5 rings (SSSR count). The van der Waals surface area contributed by atoms with Gasteiger partial charge in [-0.15, -0.1) is 11.3 Å². The summed E-state index contributed by atoms with van der Waals surface area (Å²) in [5.41, 5.74) is 6.27. The van der Waals surface area contributed by atoms with Crippen molar-refractivity contribution in [1.82, 2.24) is 0 Å². The number of aliphatic carboxylic acids is 1. The highest BCUT2D eigenvalue weighted by Gasteiger charge is 2.12. The fourth-order valence-corrected chi connectivity index (χ4v) is 5.06. The molecule has 0 saturated heterocycles. The second-order valence-electron chi connectivity index (χ2n) is 8.31. The topological polar surface area (TPSA) is 64.3 Å². The van der Waals surface area contributed by atoms with Crippen molar-refractivity contribution in [2.45, 2.75) is 0 Å². The van der Waals surface area contributed by atoms with Crippen molar-refractivity contribution < 1.29 is 9.90 Å². The van der Waals surface area contributed by atoms with Gasteiger partial charge in [0.25, 0.3) is 0 Å². The van der Waals surface area contributed by atoms with Gasteiger partial charge in [0.2, 0.25) is 0 Å². The number of carboxylic acid groups (broad SMARTS) is 1. The van der Waals surface area contributed by atoms with E-state index in [1.165, 1.54) is 17.4 Å². The second kappa shape index (κ2) is 10.8. The molecule has 4 aromatic carbocycles. The monoisotopic (exact) mass is 498 g/mol. The van der Waals surface area contributed by atoms with Crippen LogP contribution in [0.15, 0.2) is 127 Å². The molecule has 37 heavy (non-hydrogen) atoms. The number of benzene rings is 4. The van der Waals surface area contributed by atoms with E-state index in [2.05, 4.69) is 77.7 Å². The predicted octanol–water partition coefficient (Wildman–Crippen LogP) is 8.54. The predicted molar refractivity (Wildman–Crippen MR) is 151 cm³/mol. The molecule has 0 spiro atoms. The van der Waals surface area contributed by atoms with Crippen LogP contribution in [0.3, 0.4) is 0 Å². The minimum Gasteiger partial charge on any atom is -0.477 e. The van der Waals surface area contributed by atoms with Gasteiger partial charge in [-0.2, -0.15) is 5.26 Å². The first-order valence-corrected chi connectivity index (χ1v) is 12.5. The highest BCUT2D eigenvalue weighted by atomic mass is 32.1. The van der Waals surface area contributed by atoms with Crippen LogP contribution in [0.5, 0.6) is 0 Å². The van der Waals surface area contributed by atoms with Crippen molar-refractivity contribution in [2.24, 2.45) is 0 Å². The Bertz CT molecular complexity index is 1540. The van der Waals surface area contributed by atoms with Gasteiger partial charge in [-0.25, -0.2) is 4.79 Å². The van der Waals surface area contributed by atoms with E-state index in [0.717, 1.165) is 43.5 Å². The Morgan fingerprint density at radius 3 is 1.68 bits per heavy atom. The van der Waals surface area contributed by atoms with Gasteiger partial charge < -0.3 is 10.0 Å². The molecule has 5 heteroatoms. The zero-order chi connectivity index (χ0) is 25.6. The normalized spacial score (nSPS) is 11.1. The Morgan fingerprint density at radius 2 is 1.16 bits per heavy atom. The number of thiophene rings is 1. The molecule has 4 nitrogen and oxygen atoms in total. The average Bonchev–Trinajstić information content (AvgIpc) is 3.42. The third kappa shape index (κ3) is 5.35. The molecule has 1 heterocycles. The molecular weight excluding hydrogens is 476 g/mol. The summed E-state index contributed by atoms with van der Waals surface area (Å²) in [5.74, 6) is -1.22. The molecule has 0 atom stereocenters. The second-order valence-corrected chi connectivity index (χ2v) is 9.42. The van der Waals surface area contributed by atoms with Gasteiger partial charge in [0.1, 0.15) is 11.6 Å². The van der Waals surface area contributed by atoms with Crippen LogP contribution in [0.1, 0.15) is 4.88 Å². The lowest BCUT2D eigenvalue weighted by atomic mass is 10.0. The van der Waals surface area contributed by atoms with Crippen molar-refractivity contribution >= 4 is 40.4 Å². The summed E-state index contributed by atoms with van der Waals surface area (Å²) in [4.78, 5) is 15.1. The van der Waals surface area contributed by atoms with Gasteiger partial charge >= 0.3 is 5.97 Å². The van der Waals surface area contributed by atoms with Gasteiger partial charge in [-0.3, -0.25) is 0 Å². The lowest BCUT2D eigenvalue weighted by molar-refractivity contribution is -0.132. The third-order valence-corrected chi connectivity index (χ3v) is 7.00. The molecule has 0 saturated carbocycles. The maximum Gasteiger partial charge on any atom is 0.346 e. The highest BCUT2D eigenvalue weighted by Crippen LogP contribution is 2.36. The molecule has 5 aromatic rings. The SMILES string of the molecule is N#C/C(=C\c1ccc(-c2ccc(-c3ccc(N(c4ccccc4)c4ccccc4)cc3)cc2)s1)C(=O)O. The first-order valence-electron chi connectivity index (χ1n) is 11.7. The Labute approximate surface area is 219 Å². The van der Waals surface area contributed by atoms with E-state index in [9.17, 15) is 4.79 Å². The van der Waals surface area contributed by atoms with E-state index < -0.39 is 5.97 Å². The van der Waals surface area contributed by atoms with Crippen molar-refractivity contribution in [3.63, 3.8) is 0 Å². The van der Waals surface area contributed by atoms with Crippen LogP contribution in [0.2, 0.25) is 0 Å². The Morgan fingerprint density at radius 1 is 0.676 bits per heavy atom. The molecule has 0 aliphatic carbocycles. The van der Waals surface area contributed by atoms with Gasteiger partial charge in [0, 0.05) is 26.8 Å². The zero-order valence-corrected chi connectivity index (χ0v) is 20.6. The molecule has 0 amide bonds. The standard InChI is InChI=1S/C32H22N2O2S/c33-22-26(32(35)36)21-30-19-20-31(37-30)25-13-11-23(12-14-25)24-15-17-29(18-16-24)34(27-7-3-1-4-8-27)28-9-5-2-6-10-28/h1-21H,(H,35,36)/b26-21+. The molecular formula is C32H22N2O2S. The Kier molecular flexibility index (Phi) is 6.93. The highest BCUT2D eigenvalue weighted by molar-refractivity contribution is 7.16. The number of anilines is 3. The number of hydrogen-bond acceptors (Lipinski definition) is 4. The Hall–Kier alpha value is -4.92. The number of nitrogens with zero attached hydrogens (tertiary/aromatic N) is 2. The first-order chi connectivity index (χ1) is 18.1. The summed E-state index contributed by atoms with van der Waals surface area (Å²) in [6.45, 7) is 0. The van der Waals surface area contributed by atoms with Gasteiger partial charge in [0.05, 0.1) is 0 Å². The molecule has 0 aliphatic rings. The molecule has 1 aromatic heterocycles. The minimum absolute atomic E-state index is 0.273. The van der Waals surface area contributed by atoms with Gasteiger partial charge in [-0.05, 0) is 71.3 Å². The zero-order valence-electron chi connectivity index (χ0n) is 19.8. The van der Waals surface area contributed by atoms with Crippen LogP contribution in [-0.2, 0) is 4.79 Å². The molecule has 0 radical (unpaired) electrons. The molecule has 178 valence electrons. The number of carboxylic acids is 1. The molecule has 0 unspecified atom stereocenters. The smallest absolute Gasteiger partial charge is 0.346 e. The number of hydrogen-bond donors (Lipinski definition) is 1. The van der Waals surface area contributed by atoms with Crippen LogP contribution in [0.4, 0.5) is 17.1 Å². The van der Waals surface area contributed by atoms with Crippen molar-refractivity contribution in [2.75, 3.05) is 4.90 Å². The van der Waals surface area contributed by atoms with E-state index in [-0.39, 0.29) is 5.57 Å². The number of rotatable bonds is 7. The number of para-hydroxylation sites is 2. The minimum atomic E-state index is -1.22. The van der Waals surface area contributed by atoms with Crippen LogP contribution >= 0.6 is 11.3 Å². The molecule has 0 fully saturated rings. The van der Waals surface area contributed by atoms with Crippen molar-refractivity contribution in [1.29, 1.82) is 5.26 Å².